The van der Waals surface area contributed by atoms with Crippen LogP contribution in [0.15, 0.2) is 42.5 Å². The largest absolute Gasteiger partial charge is 0.324 e. The molecule has 1 aliphatic carbocycles. The Hall–Kier alpha value is -2.04. The van der Waals surface area contributed by atoms with Gasteiger partial charge in [0.1, 0.15) is 5.41 Å². The summed E-state index contributed by atoms with van der Waals surface area (Å²) in [6, 6.07) is 12.7. The predicted octanol–water partition coefficient (Wildman–Crippen LogP) is 4.30. The molecule has 1 saturated carbocycles. The molecule has 2 aliphatic rings. The van der Waals surface area contributed by atoms with E-state index in [2.05, 4.69) is 5.32 Å². The van der Waals surface area contributed by atoms with Crippen LogP contribution in [-0.4, -0.2) is 18.4 Å². The van der Waals surface area contributed by atoms with Gasteiger partial charge in [-0.15, -0.1) is 0 Å². The van der Waals surface area contributed by atoms with Crippen molar-refractivity contribution in [2.45, 2.75) is 19.3 Å². The van der Waals surface area contributed by atoms with E-state index in [1.165, 1.54) is 0 Å². The Morgan fingerprint density at radius 2 is 1.84 bits per heavy atom. The number of rotatable bonds is 3. The van der Waals surface area contributed by atoms with Crippen molar-refractivity contribution in [3.05, 3.63) is 58.1 Å². The third-order valence-electron chi connectivity index (χ3n) is 4.91. The van der Waals surface area contributed by atoms with Gasteiger partial charge in [0, 0.05) is 17.3 Å². The number of halogens is 2. The summed E-state index contributed by atoms with van der Waals surface area (Å²) in [5, 5.41) is 3.64. The Labute approximate surface area is 155 Å². The lowest BCUT2D eigenvalue weighted by atomic mass is 10.0. The molecular formula is C19H16Cl2N2O2. The average molecular weight is 375 g/mol. The van der Waals surface area contributed by atoms with Crippen LogP contribution in [0.3, 0.4) is 0 Å². The van der Waals surface area contributed by atoms with Crippen LogP contribution in [0, 0.1) is 5.41 Å². The van der Waals surface area contributed by atoms with E-state index in [1.54, 1.807) is 23.1 Å². The third-order valence-corrected chi connectivity index (χ3v) is 5.45. The maximum atomic E-state index is 13.1. The van der Waals surface area contributed by atoms with Gasteiger partial charge >= 0.3 is 0 Å². The average Bonchev–Trinajstić information content (AvgIpc) is 3.30. The van der Waals surface area contributed by atoms with Crippen molar-refractivity contribution >= 4 is 46.4 Å². The topological polar surface area (TPSA) is 49.4 Å². The Balaban J connectivity index is 1.56. The fourth-order valence-corrected chi connectivity index (χ4v) is 3.76. The maximum Gasteiger partial charge on any atom is 0.242 e. The van der Waals surface area contributed by atoms with Crippen molar-refractivity contribution < 1.29 is 9.59 Å². The molecule has 25 heavy (non-hydrogen) atoms. The van der Waals surface area contributed by atoms with Gasteiger partial charge in [-0.2, -0.15) is 0 Å². The van der Waals surface area contributed by atoms with Crippen molar-refractivity contribution in [3.8, 4) is 0 Å². The Kier molecular flexibility index (Phi) is 3.97. The summed E-state index contributed by atoms with van der Waals surface area (Å²) >= 11 is 12.0. The van der Waals surface area contributed by atoms with Gasteiger partial charge in [0.15, 0.2) is 0 Å². The van der Waals surface area contributed by atoms with E-state index in [0.29, 0.717) is 35.1 Å². The lowest BCUT2D eigenvalue weighted by Crippen LogP contribution is -2.42. The van der Waals surface area contributed by atoms with E-state index in [1.807, 2.05) is 24.3 Å². The standard InChI is InChI=1S/C19H16Cl2N2O2/c20-13-5-6-15(14(21)11-13)22-17(24)19(8-9-19)18(25)23-10-7-12-3-1-2-4-16(12)23/h1-6,11H,7-10H2,(H,22,24). The summed E-state index contributed by atoms with van der Waals surface area (Å²) in [5.74, 6) is -0.425. The highest BCUT2D eigenvalue weighted by atomic mass is 35.5. The first-order valence-corrected chi connectivity index (χ1v) is 8.93. The lowest BCUT2D eigenvalue weighted by molar-refractivity contribution is -0.132. The number of hydrogen-bond donors (Lipinski definition) is 1. The number of para-hydroxylation sites is 1. The zero-order chi connectivity index (χ0) is 17.6. The molecular weight excluding hydrogens is 359 g/mol. The Bertz CT molecular complexity index is 877. The van der Waals surface area contributed by atoms with Crippen molar-refractivity contribution in [3.63, 3.8) is 0 Å². The molecule has 4 rings (SSSR count). The molecule has 128 valence electrons. The summed E-state index contributed by atoms with van der Waals surface area (Å²) in [4.78, 5) is 27.6. The molecule has 0 aromatic heterocycles. The first kappa shape index (κ1) is 16.4. The van der Waals surface area contributed by atoms with E-state index in [4.69, 9.17) is 23.2 Å². The van der Waals surface area contributed by atoms with Crippen LogP contribution >= 0.6 is 23.2 Å². The van der Waals surface area contributed by atoms with Crippen LogP contribution in [0.4, 0.5) is 11.4 Å². The van der Waals surface area contributed by atoms with Crippen molar-refractivity contribution in [1.29, 1.82) is 0 Å². The fraction of sp³-hybridized carbons (Fsp3) is 0.263. The molecule has 2 aromatic rings. The molecule has 1 heterocycles. The molecule has 2 amide bonds. The van der Waals surface area contributed by atoms with Crippen LogP contribution in [-0.2, 0) is 16.0 Å². The van der Waals surface area contributed by atoms with Gasteiger partial charge in [-0.25, -0.2) is 0 Å². The minimum atomic E-state index is -0.986. The summed E-state index contributed by atoms with van der Waals surface area (Å²) in [6.07, 6.45) is 1.94. The highest BCUT2D eigenvalue weighted by Crippen LogP contribution is 2.50. The van der Waals surface area contributed by atoms with Gasteiger partial charge in [-0.05, 0) is 49.1 Å². The number of nitrogens with one attached hydrogen (secondary N) is 1. The van der Waals surface area contributed by atoms with Crippen molar-refractivity contribution in [2.75, 3.05) is 16.8 Å². The van der Waals surface area contributed by atoms with E-state index in [0.717, 1.165) is 17.7 Å². The second-order valence-corrected chi connectivity index (χ2v) is 7.34. The zero-order valence-corrected chi connectivity index (χ0v) is 14.9. The SMILES string of the molecule is O=C(Nc1ccc(Cl)cc1Cl)C1(C(=O)N2CCc3ccccc32)CC1. The summed E-state index contributed by atoms with van der Waals surface area (Å²) in [6.45, 7) is 0.620. The van der Waals surface area contributed by atoms with Crippen molar-refractivity contribution in [2.24, 2.45) is 5.41 Å². The maximum absolute atomic E-state index is 13.1. The van der Waals surface area contributed by atoms with E-state index in [-0.39, 0.29) is 11.8 Å². The van der Waals surface area contributed by atoms with E-state index in [9.17, 15) is 9.59 Å². The normalized spacial score (nSPS) is 17.1. The molecule has 0 radical (unpaired) electrons. The molecule has 0 atom stereocenters. The lowest BCUT2D eigenvalue weighted by Gasteiger charge is -2.23. The van der Waals surface area contributed by atoms with Crippen molar-refractivity contribution in [1.82, 2.24) is 0 Å². The number of benzene rings is 2. The zero-order valence-electron chi connectivity index (χ0n) is 13.4. The molecule has 1 fully saturated rings. The Morgan fingerprint density at radius 1 is 1.08 bits per heavy atom. The molecule has 0 unspecified atom stereocenters. The summed E-state index contributed by atoms with van der Waals surface area (Å²) < 4.78 is 0. The number of carbonyl (C=O) groups excluding carboxylic acids is 2. The predicted molar refractivity (Wildman–Crippen MR) is 99.3 cm³/mol. The minimum absolute atomic E-state index is 0.125. The molecule has 1 N–H and O–H groups in total. The van der Waals surface area contributed by atoms with Gasteiger partial charge in [0.25, 0.3) is 0 Å². The monoisotopic (exact) mass is 374 g/mol. The summed E-state index contributed by atoms with van der Waals surface area (Å²) in [7, 11) is 0. The van der Waals surface area contributed by atoms with Crippen LogP contribution in [0.1, 0.15) is 18.4 Å². The molecule has 1 aliphatic heterocycles. The number of amides is 2. The van der Waals surface area contributed by atoms with Gasteiger partial charge in [-0.3, -0.25) is 9.59 Å². The number of fused-ring (bicyclic) bond motifs is 1. The van der Waals surface area contributed by atoms with Crippen LogP contribution in [0.2, 0.25) is 10.0 Å². The second kappa shape index (κ2) is 6.04. The molecule has 0 spiro atoms. The molecule has 4 nitrogen and oxygen atoms in total. The number of anilines is 2. The highest BCUT2D eigenvalue weighted by Gasteiger charge is 2.58. The number of carbonyl (C=O) groups is 2. The minimum Gasteiger partial charge on any atom is -0.324 e. The molecule has 6 heteroatoms. The number of hydrogen-bond acceptors (Lipinski definition) is 2. The van der Waals surface area contributed by atoms with E-state index < -0.39 is 5.41 Å². The van der Waals surface area contributed by atoms with Crippen LogP contribution in [0.5, 0.6) is 0 Å². The van der Waals surface area contributed by atoms with Crippen LogP contribution in [0.25, 0.3) is 0 Å². The van der Waals surface area contributed by atoms with E-state index >= 15 is 0 Å². The van der Waals surface area contributed by atoms with Gasteiger partial charge < -0.3 is 10.2 Å². The first-order chi connectivity index (χ1) is 12.0. The second-order valence-electron chi connectivity index (χ2n) is 6.50. The Morgan fingerprint density at radius 3 is 2.56 bits per heavy atom. The highest BCUT2D eigenvalue weighted by molar-refractivity contribution is 6.37. The number of nitrogens with zero attached hydrogens (tertiary/aromatic N) is 1. The van der Waals surface area contributed by atoms with Gasteiger partial charge in [0.05, 0.1) is 10.7 Å². The smallest absolute Gasteiger partial charge is 0.242 e. The third kappa shape index (κ3) is 2.79. The quantitative estimate of drug-likeness (QED) is 0.814. The summed E-state index contributed by atoms with van der Waals surface area (Å²) in [5.41, 5.74) is 1.54. The first-order valence-electron chi connectivity index (χ1n) is 8.18. The van der Waals surface area contributed by atoms with Gasteiger partial charge in [-0.1, -0.05) is 41.4 Å². The molecule has 0 bridgehead atoms. The molecule has 0 saturated heterocycles. The fourth-order valence-electron chi connectivity index (χ4n) is 3.30. The van der Waals surface area contributed by atoms with Crippen LogP contribution < -0.4 is 10.2 Å². The van der Waals surface area contributed by atoms with Gasteiger partial charge in [0.2, 0.25) is 11.8 Å². The molecule has 2 aromatic carbocycles.